The highest BCUT2D eigenvalue weighted by molar-refractivity contribution is 5.84. The van der Waals surface area contributed by atoms with Gasteiger partial charge < -0.3 is 5.21 Å². The van der Waals surface area contributed by atoms with Crippen molar-refractivity contribution in [2.24, 2.45) is 0 Å². The average Bonchev–Trinajstić information content (AvgIpc) is 2.35. The first-order chi connectivity index (χ1) is 8.18. The summed E-state index contributed by atoms with van der Waals surface area (Å²) < 4.78 is 0.962. The number of hydrogen-bond acceptors (Lipinski definition) is 2. The minimum absolute atomic E-state index is 0.614. The van der Waals surface area contributed by atoms with E-state index in [1.165, 1.54) is 0 Å². The molecule has 0 aliphatic carbocycles. The Labute approximate surface area is 98.9 Å². The van der Waals surface area contributed by atoms with Crippen LogP contribution in [0.1, 0.15) is 11.1 Å². The van der Waals surface area contributed by atoms with Gasteiger partial charge in [0.2, 0.25) is 11.0 Å². The third kappa shape index (κ3) is 1.35. The zero-order valence-corrected chi connectivity index (χ0v) is 9.77. The Morgan fingerprint density at radius 2 is 1.76 bits per heavy atom. The van der Waals surface area contributed by atoms with E-state index in [4.69, 9.17) is 0 Å². The normalized spacial score (nSPS) is 11.2. The molecule has 17 heavy (non-hydrogen) atoms. The second kappa shape index (κ2) is 3.42. The molecule has 84 valence electrons. The van der Waals surface area contributed by atoms with E-state index in [0.717, 1.165) is 26.9 Å². The van der Waals surface area contributed by atoms with Gasteiger partial charge in [-0.3, -0.25) is 0 Å². The van der Waals surface area contributed by atoms with E-state index in [9.17, 15) is 5.21 Å². The zero-order valence-electron chi connectivity index (χ0n) is 9.77. The first kappa shape index (κ1) is 10.0. The summed E-state index contributed by atoms with van der Waals surface area (Å²) in [4.78, 5) is 4.58. The van der Waals surface area contributed by atoms with Gasteiger partial charge in [-0.05, 0) is 31.0 Å². The molecular formula is C14H12N2O. The smallest absolute Gasteiger partial charge is 0.243 e. The average molecular weight is 224 g/mol. The SMILES string of the molecule is Cc1ccc2c(nc3ccccc3[n+]2[O-])c1C. The van der Waals surface area contributed by atoms with Gasteiger partial charge in [-0.25, -0.2) is 4.98 Å². The maximum absolute atomic E-state index is 12.2. The fourth-order valence-corrected chi connectivity index (χ4v) is 2.07. The summed E-state index contributed by atoms with van der Waals surface area (Å²) in [7, 11) is 0. The molecule has 0 atom stereocenters. The minimum atomic E-state index is 0.614. The molecule has 3 heteroatoms. The van der Waals surface area contributed by atoms with Gasteiger partial charge in [-0.1, -0.05) is 18.2 Å². The van der Waals surface area contributed by atoms with Crippen molar-refractivity contribution in [1.29, 1.82) is 0 Å². The molecule has 0 saturated carbocycles. The first-order valence-electron chi connectivity index (χ1n) is 5.57. The van der Waals surface area contributed by atoms with Crippen LogP contribution in [-0.2, 0) is 0 Å². The van der Waals surface area contributed by atoms with Gasteiger partial charge in [0.1, 0.15) is 11.0 Å². The zero-order chi connectivity index (χ0) is 12.0. The van der Waals surface area contributed by atoms with Crippen LogP contribution in [-0.4, -0.2) is 4.98 Å². The molecule has 0 radical (unpaired) electrons. The quantitative estimate of drug-likeness (QED) is 0.334. The Kier molecular flexibility index (Phi) is 2.01. The number of rotatable bonds is 0. The molecule has 2 aromatic carbocycles. The van der Waals surface area contributed by atoms with Crippen LogP contribution in [0.2, 0.25) is 0 Å². The second-order valence-corrected chi connectivity index (χ2v) is 4.27. The highest BCUT2D eigenvalue weighted by Crippen LogP contribution is 2.19. The van der Waals surface area contributed by atoms with Crippen molar-refractivity contribution < 1.29 is 4.73 Å². The van der Waals surface area contributed by atoms with Crippen molar-refractivity contribution in [2.75, 3.05) is 0 Å². The van der Waals surface area contributed by atoms with E-state index in [1.807, 2.05) is 44.2 Å². The van der Waals surface area contributed by atoms with E-state index in [1.54, 1.807) is 6.07 Å². The van der Waals surface area contributed by atoms with Crippen LogP contribution in [0, 0.1) is 19.1 Å². The van der Waals surface area contributed by atoms with Crippen LogP contribution in [0.15, 0.2) is 36.4 Å². The molecule has 0 aliphatic rings. The highest BCUT2D eigenvalue weighted by atomic mass is 16.5. The van der Waals surface area contributed by atoms with Gasteiger partial charge in [0.05, 0.1) is 0 Å². The Morgan fingerprint density at radius 3 is 2.59 bits per heavy atom. The van der Waals surface area contributed by atoms with Crippen LogP contribution in [0.4, 0.5) is 0 Å². The third-order valence-corrected chi connectivity index (χ3v) is 3.23. The fraction of sp³-hybridized carbons (Fsp3) is 0.143. The molecule has 0 fully saturated rings. The lowest BCUT2D eigenvalue weighted by molar-refractivity contribution is -0.548. The number of aryl methyl sites for hydroxylation is 2. The maximum atomic E-state index is 12.2. The van der Waals surface area contributed by atoms with Crippen molar-refractivity contribution >= 4 is 22.1 Å². The Bertz CT molecular complexity index is 735. The van der Waals surface area contributed by atoms with E-state index in [-0.39, 0.29) is 0 Å². The summed E-state index contributed by atoms with van der Waals surface area (Å²) in [5.74, 6) is 0. The Hall–Kier alpha value is -2.16. The van der Waals surface area contributed by atoms with Gasteiger partial charge in [0.15, 0.2) is 0 Å². The van der Waals surface area contributed by atoms with Crippen LogP contribution < -0.4 is 4.73 Å². The monoisotopic (exact) mass is 224 g/mol. The molecule has 0 N–H and O–H groups in total. The standard InChI is InChI=1S/C14H12N2O/c1-9-7-8-13-14(10(9)2)15-11-5-3-4-6-12(11)16(13)17/h3-8H,1-2H3. The second-order valence-electron chi connectivity index (χ2n) is 4.27. The number of para-hydroxylation sites is 2. The molecule has 1 aromatic heterocycles. The summed E-state index contributed by atoms with van der Waals surface area (Å²) in [5, 5.41) is 12.2. The lowest BCUT2D eigenvalue weighted by Gasteiger charge is -2.08. The van der Waals surface area contributed by atoms with Gasteiger partial charge in [0.25, 0.3) is 0 Å². The Balaban J connectivity index is 2.59. The third-order valence-electron chi connectivity index (χ3n) is 3.23. The number of nitrogens with zero attached hydrogens (tertiary/aromatic N) is 2. The lowest BCUT2D eigenvalue weighted by Crippen LogP contribution is -2.28. The fourth-order valence-electron chi connectivity index (χ4n) is 2.07. The number of benzene rings is 2. The molecule has 0 amide bonds. The van der Waals surface area contributed by atoms with E-state index >= 15 is 0 Å². The van der Waals surface area contributed by atoms with Gasteiger partial charge in [-0.15, -0.1) is 0 Å². The van der Waals surface area contributed by atoms with Crippen LogP contribution in [0.3, 0.4) is 0 Å². The lowest BCUT2D eigenvalue weighted by atomic mass is 10.1. The summed E-state index contributed by atoms with van der Waals surface area (Å²) in [5.41, 5.74) is 5.00. The predicted octanol–water partition coefficient (Wildman–Crippen LogP) is 2.64. The molecule has 3 aromatic rings. The summed E-state index contributed by atoms with van der Waals surface area (Å²) in [6.07, 6.45) is 0. The summed E-state index contributed by atoms with van der Waals surface area (Å²) >= 11 is 0. The molecule has 0 spiro atoms. The van der Waals surface area contributed by atoms with Gasteiger partial charge >= 0.3 is 0 Å². The topological polar surface area (TPSA) is 39.8 Å². The van der Waals surface area contributed by atoms with Crippen LogP contribution in [0.5, 0.6) is 0 Å². The van der Waals surface area contributed by atoms with E-state index < -0.39 is 0 Å². The van der Waals surface area contributed by atoms with Crippen molar-refractivity contribution in [3.05, 3.63) is 52.7 Å². The molecule has 0 saturated heterocycles. The number of hydrogen-bond donors (Lipinski definition) is 0. The van der Waals surface area contributed by atoms with Crippen LogP contribution >= 0.6 is 0 Å². The van der Waals surface area contributed by atoms with Crippen molar-refractivity contribution in [3.8, 4) is 0 Å². The summed E-state index contributed by atoms with van der Waals surface area (Å²) in [6.45, 7) is 4.03. The molecule has 0 unspecified atom stereocenters. The predicted molar refractivity (Wildman–Crippen MR) is 67.7 cm³/mol. The maximum Gasteiger partial charge on any atom is 0.243 e. The minimum Gasteiger partial charge on any atom is -0.618 e. The van der Waals surface area contributed by atoms with Gasteiger partial charge in [0, 0.05) is 12.1 Å². The molecule has 0 bridgehead atoms. The van der Waals surface area contributed by atoms with Gasteiger partial charge in [-0.2, -0.15) is 4.73 Å². The van der Waals surface area contributed by atoms with Crippen LogP contribution in [0.25, 0.3) is 22.1 Å². The molecule has 0 aliphatic heterocycles. The highest BCUT2D eigenvalue weighted by Gasteiger charge is 2.13. The molecule has 1 heterocycles. The first-order valence-corrected chi connectivity index (χ1v) is 5.57. The van der Waals surface area contributed by atoms with Crippen molar-refractivity contribution in [3.63, 3.8) is 0 Å². The number of fused-ring (bicyclic) bond motifs is 2. The largest absolute Gasteiger partial charge is 0.618 e. The number of aromatic nitrogens is 2. The molecular weight excluding hydrogens is 212 g/mol. The molecule has 3 nitrogen and oxygen atoms in total. The van der Waals surface area contributed by atoms with E-state index in [0.29, 0.717) is 11.0 Å². The van der Waals surface area contributed by atoms with E-state index in [2.05, 4.69) is 4.98 Å². The molecule has 3 rings (SSSR count). The summed E-state index contributed by atoms with van der Waals surface area (Å²) in [6, 6.07) is 11.2. The van der Waals surface area contributed by atoms with Crippen molar-refractivity contribution in [2.45, 2.75) is 13.8 Å². The Morgan fingerprint density at radius 1 is 1.00 bits per heavy atom. The van der Waals surface area contributed by atoms with Crippen molar-refractivity contribution in [1.82, 2.24) is 4.98 Å².